The number of ether oxygens (including phenoxy) is 2. The summed E-state index contributed by atoms with van der Waals surface area (Å²) in [6, 6.07) is 3.96. The molecule has 0 saturated carbocycles. The number of carbonyl (C=O) groups excluding carboxylic acids is 1. The van der Waals surface area contributed by atoms with E-state index in [2.05, 4.69) is 37.2 Å². The number of hydrogen-bond donors (Lipinski definition) is 2. The Kier molecular flexibility index (Phi) is 8.24. The molecule has 1 amide bonds. The van der Waals surface area contributed by atoms with Gasteiger partial charge in [-0.1, -0.05) is 6.92 Å². The lowest BCUT2D eigenvalue weighted by Gasteiger charge is -2.14. The van der Waals surface area contributed by atoms with Gasteiger partial charge >= 0.3 is 0 Å². The highest BCUT2D eigenvalue weighted by molar-refractivity contribution is 9.11. The molecular weight excluding hydrogens is 404 g/mol. The van der Waals surface area contributed by atoms with E-state index < -0.39 is 0 Å². The van der Waals surface area contributed by atoms with E-state index in [9.17, 15) is 4.79 Å². The summed E-state index contributed by atoms with van der Waals surface area (Å²) in [5.74, 6) is -0.0378. The molecule has 0 fully saturated rings. The van der Waals surface area contributed by atoms with Gasteiger partial charge in [0.05, 0.1) is 28.1 Å². The van der Waals surface area contributed by atoms with Gasteiger partial charge in [0.1, 0.15) is 5.75 Å². The van der Waals surface area contributed by atoms with Gasteiger partial charge in [-0.2, -0.15) is 0 Å². The Balaban J connectivity index is 2.64. The van der Waals surface area contributed by atoms with Gasteiger partial charge in [-0.05, 0) is 49.6 Å². The number of primary amides is 1. The van der Waals surface area contributed by atoms with Crippen molar-refractivity contribution in [1.82, 2.24) is 5.32 Å². The molecule has 1 unspecified atom stereocenters. The molecule has 21 heavy (non-hydrogen) atoms. The molecular formula is C14H20Br2N2O3. The summed E-state index contributed by atoms with van der Waals surface area (Å²) in [4.78, 5) is 11.0. The summed E-state index contributed by atoms with van der Waals surface area (Å²) in [6.45, 7) is 4.18. The van der Waals surface area contributed by atoms with Crippen LogP contribution in [0, 0.1) is 5.92 Å². The highest BCUT2D eigenvalue weighted by Gasteiger charge is 2.13. The zero-order chi connectivity index (χ0) is 15.8. The Labute approximate surface area is 141 Å². The van der Waals surface area contributed by atoms with Gasteiger partial charge in [0, 0.05) is 20.2 Å². The van der Waals surface area contributed by atoms with Crippen molar-refractivity contribution in [3.63, 3.8) is 0 Å². The SMILES string of the molecule is COCCNCc1cc(Br)c(OCC(C)C(N)=O)c(Br)c1. The predicted molar refractivity (Wildman–Crippen MR) is 89.3 cm³/mol. The third kappa shape index (κ3) is 6.34. The molecule has 1 aromatic carbocycles. The fourth-order valence-electron chi connectivity index (χ4n) is 1.55. The Morgan fingerprint density at radius 3 is 2.52 bits per heavy atom. The average Bonchev–Trinajstić information content (AvgIpc) is 2.42. The predicted octanol–water partition coefficient (Wildman–Crippen LogP) is 2.45. The molecule has 0 spiro atoms. The molecule has 1 atom stereocenters. The van der Waals surface area contributed by atoms with Crippen molar-refractivity contribution >= 4 is 37.8 Å². The van der Waals surface area contributed by atoms with Gasteiger partial charge in [0.2, 0.25) is 5.91 Å². The zero-order valence-electron chi connectivity index (χ0n) is 12.1. The number of amides is 1. The second-order valence-electron chi connectivity index (χ2n) is 4.67. The molecule has 0 heterocycles. The summed E-state index contributed by atoms with van der Waals surface area (Å²) >= 11 is 6.97. The van der Waals surface area contributed by atoms with Crippen molar-refractivity contribution < 1.29 is 14.3 Å². The van der Waals surface area contributed by atoms with Gasteiger partial charge in [0.25, 0.3) is 0 Å². The number of nitrogens with one attached hydrogen (secondary N) is 1. The van der Waals surface area contributed by atoms with Crippen LogP contribution in [0.15, 0.2) is 21.1 Å². The van der Waals surface area contributed by atoms with Gasteiger partial charge in [-0.3, -0.25) is 4.79 Å². The summed E-state index contributed by atoms with van der Waals surface area (Å²) in [5.41, 5.74) is 6.33. The molecule has 1 rings (SSSR count). The molecule has 0 saturated heterocycles. The van der Waals surface area contributed by atoms with Crippen LogP contribution < -0.4 is 15.8 Å². The van der Waals surface area contributed by atoms with Crippen LogP contribution in [0.5, 0.6) is 5.75 Å². The van der Waals surface area contributed by atoms with E-state index in [1.54, 1.807) is 14.0 Å². The van der Waals surface area contributed by atoms with Crippen LogP contribution in [0.1, 0.15) is 12.5 Å². The van der Waals surface area contributed by atoms with Crippen molar-refractivity contribution in [2.75, 3.05) is 26.9 Å². The highest BCUT2D eigenvalue weighted by Crippen LogP contribution is 2.35. The maximum absolute atomic E-state index is 11.0. The molecule has 7 heteroatoms. The first-order valence-electron chi connectivity index (χ1n) is 6.55. The van der Waals surface area contributed by atoms with Gasteiger partial charge in [-0.15, -0.1) is 0 Å². The van der Waals surface area contributed by atoms with Crippen LogP contribution in [-0.2, 0) is 16.1 Å². The van der Waals surface area contributed by atoms with Crippen LogP contribution >= 0.6 is 31.9 Å². The second kappa shape index (κ2) is 9.40. The molecule has 0 bridgehead atoms. The van der Waals surface area contributed by atoms with Gasteiger partial charge in [0.15, 0.2) is 0 Å². The average molecular weight is 424 g/mol. The minimum atomic E-state index is -0.374. The lowest BCUT2D eigenvalue weighted by atomic mass is 10.2. The minimum absolute atomic E-state index is 0.248. The molecule has 0 aliphatic heterocycles. The summed E-state index contributed by atoms with van der Waals surface area (Å²) in [7, 11) is 1.67. The first-order valence-corrected chi connectivity index (χ1v) is 8.14. The number of rotatable bonds is 9. The third-order valence-electron chi connectivity index (χ3n) is 2.83. The summed E-state index contributed by atoms with van der Waals surface area (Å²) < 4.78 is 12.3. The molecule has 1 aromatic rings. The number of halogens is 2. The van der Waals surface area contributed by atoms with Crippen molar-refractivity contribution in [1.29, 1.82) is 0 Å². The molecule has 3 N–H and O–H groups in total. The molecule has 5 nitrogen and oxygen atoms in total. The number of nitrogens with two attached hydrogens (primary N) is 1. The molecule has 0 aromatic heterocycles. The van der Waals surface area contributed by atoms with Crippen LogP contribution in [0.2, 0.25) is 0 Å². The zero-order valence-corrected chi connectivity index (χ0v) is 15.3. The number of methoxy groups -OCH3 is 1. The van der Waals surface area contributed by atoms with E-state index in [1.807, 2.05) is 12.1 Å². The van der Waals surface area contributed by atoms with Gasteiger partial charge in [-0.25, -0.2) is 0 Å². The first-order chi connectivity index (χ1) is 9.95. The van der Waals surface area contributed by atoms with E-state index in [0.717, 1.165) is 27.6 Å². The molecule has 118 valence electrons. The standard InChI is InChI=1S/C14H20Br2N2O3/c1-9(14(17)19)8-21-13-11(15)5-10(6-12(13)16)7-18-3-4-20-2/h5-6,9,18H,3-4,7-8H2,1-2H3,(H2,17,19). The lowest BCUT2D eigenvalue weighted by molar-refractivity contribution is -0.122. The largest absolute Gasteiger partial charge is 0.490 e. The fraction of sp³-hybridized carbons (Fsp3) is 0.500. The van der Waals surface area contributed by atoms with E-state index in [0.29, 0.717) is 12.4 Å². The van der Waals surface area contributed by atoms with E-state index >= 15 is 0 Å². The van der Waals surface area contributed by atoms with E-state index in [1.165, 1.54) is 0 Å². The lowest BCUT2D eigenvalue weighted by Crippen LogP contribution is -2.26. The summed E-state index contributed by atoms with van der Waals surface area (Å²) in [6.07, 6.45) is 0. The third-order valence-corrected chi connectivity index (χ3v) is 4.01. The van der Waals surface area contributed by atoms with Gasteiger partial charge < -0.3 is 20.5 Å². The van der Waals surface area contributed by atoms with Crippen molar-refractivity contribution in [3.05, 3.63) is 26.6 Å². The maximum Gasteiger partial charge on any atom is 0.223 e. The number of benzene rings is 1. The highest BCUT2D eigenvalue weighted by atomic mass is 79.9. The minimum Gasteiger partial charge on any atom is -0.490 e. The van der Waals surface area contributed by atoms with Crippen molar-refractivity contribution in [2.24, 2.45) is 11.7 Å². The molecule has 0 aliphatic carbocycles. The van der Waals surface area contributed by atoms with Crippen LogP contribution in [0.25, 0.3) is 0 Å². The van der Waals surface area contributed by atoms with Crippen LogP contribution in [0.3, 0.4) is 0 Å². The van der Waals surface area contributed by atoms with Crippen LogP contribution in [0.4, 0.5) is 0 Å². The fourth-order valence-corrected chi connectivity index (χ4v) is 3.06. The van der Waals surface area contributed by atoms with E-state index in [-0.39, 0.29) is 18.4 Å². The van der Waals surface area contributed by atoms with Crippen LogP contribution in [-0.4, -0.2) is 32.8 Å². The summed E-state index contributed by atoms with van der Waals surface area (Å²) in [5, 5.41) is 3.27. The van der Waals surface area contributed by atoms with E-state index in [4.69, 9.17) is 15.2 Å². The normalized spacial score (nSPS) is 12.2. The first kappa shape index (κ1) is 18.4. The quantitative estimate of drug-likeness (QED) is 0.598. The Bertz CT molecular complexity index is 460. The topological polar surface area (TPSA) is 73.6 Å². The monoisotopic (exact) mass is 422 g/mol. The van der Waals surface area contributed by atoms with Crippen molar-refractivity contribution in [3.8, 4) is 5.75 Å². The molecule has 0 aliphatic rings. The molecule has 0 radical (unpaired) electrons. The smallest absolute Gasteiger partial charge is 0.223 e. The maximum atomic E-state index is 11.0. The van der Waals surface area contributed by atoms with Crippen molar-refractivity contribution in [2.45, 2.75) is 13.5 Å². The Morgan fingerprint density at radius 2 is 2.00 bits per heavy atom. The number of hydrogen-bond acceptors (Lipinski definition) is 4. The Hall–Kier alpha value is -0.630. The Morgan fingerprint density at radius 1 is 1.38 bits per heavy atom. The number of carbonyl (C=O) groups is 1. The second-order valence-corrected chi connectivity index (χ2v) is 6.38.